The number of nitrogens with two attached hydrogens (primary N) is 1. The summed E-state index contributed by atoms with van der Waals surface area (Å²) in [6.45, 7) is 2.12. The normalized spacial score (nSPS) is 12.6. The smallest absolute Gasteiger partial charge is 0.174 e. The molecular formula is C12H15N3S2. The Morgan fingerprint density at radius 1 is 1.35 bits per heavy atom. The van der Waals surface area contributed by atoms with Crippen LogP contribution in [0.4, 0.5) is 0 Å². The van der Waals surface area contributed by atoms with Gasteiger partial charge in [-0.25, -0.2) is 4.98 Å². The molecule has 2 aromatic rings. The SMILES string of the molecule is CCC(N)Cc1ccc(Sc2ncns2)cc1. The lowest BCUT2D eigenvalue weighted by molar-refractivity contribution is 0.646. The lowest BCUT2D eigenvalue weighted by Crippen LogP contribution is -2.21. The summed E-state index contributed by atoms with van der Waals surface area (Å²) in [6.07, 6.45) is 3.54. The molecule has 0 aliphatic heterocycles. The number of benzene rings is 1. The molecule has 1 unspecified atom stereocenters. The van der Waals surface area contributed by atoms with E-state index in [2.05, 4.69) is 40.5 Å². The molecule has 1 aromatic carbocycles. The molecule has 2 N–H and O–H groups in total. The molecule has 17 heavy (non-hydrogen) atoms. The molecule has 1 heterocycles. The van der Waals surface area contributed by atoms with Crippen LogP contribution in [0.1, 0.15) is 18.9 Å². The summed E-state index contributed by atoms with van der Waals surface area (Å²) in [5.41, 5.74) is 7.22. The molecule has 0 spiro atoms. The minimum absolute atomic E-state index is 0.261. The first-order chi connectivity index (χ1) is 8.28. The van der Waals surface area contributed by atoms with E-state index < -0.39 is 0 Å². The van der Waals surface area contributed by atoms with Gasteiger partial charge in [-0.05, 0) is 42.1 Å². The van der Waals surface area contributed by atoms with Crippen molar-refractivity contribution in [2.45, 2.75) is 35.0 Å². The third kappa shape index (κ3) is 3.80. The molecule has 2 rings (SSSR count). The van der Waals surface area contributed by atoms with Gasteiger partial charge in [-0.1, -0.05) is 30.8 Å². The quantitative estimate of drug-likeness (QED) is 0.903. The van der Waals surface area contributed by atoms with E-state index in [9.17, 15) is 0 Å². The van der Waals surface area contributed by atoms with E-state index in [4.69, 9.17) is 5.73 Å². The molecule has 0 amide bonds. The van der Waals surface area contributed by atoms with Crippen LogP contribution in [0.5, 0.6) is 0 Å². The standard InChI is InChI=1S/C12H15N3S2/c1-2-10(13)7-9-3-5-11(6-4-9)16-12-14-8-15-17-12/h3-6,8,10H,2,7,13H2,1H3. The Bertz CT molecular complexity index is 439. The average Bonchev–Trinajstić information content (AvgIpc) is 2.84. The van der Waals surface area contributed by atoms with Crippen LogP contribution in [0.15, 0.2) is 39.8 Å². The molecule has 1 atom stereocenters. The predicted molar refractivity (Wildman–Crippen MR) is 72.4 cm³/mol. The molecule has 90 valence electrons. The van der Waals surface area contributed by atoms with Gasteiger partial charge in [0, 0.05) is 10.9 Å². The highest BCUT2D eigenvalue weighted by Gasteiger charge is 2.03. The van der Waals surface area contributed by atoms with E-state index in [-0.39, 0.29) is 6.04 Å². The highest BCUT2D eigenvalue weighted by Crippen LogP contribution is 2.28. The molecule has 0 saturated carbocycles. The van der Waals surface area contributed by atoms with Crippen LogP contribution < -0.4 is 5.73 Å². The van der Waals surface area contributed by atoms with Gasteiger partial charge in [0.2, 0.25) is 0 Å². The van der Waals surface area contributed by atoms with E-state index >= 15 is 0 Å². The molecule has 0 bridgehead atoms. The molecule has 0 saturated heterocycles. The second kappa shape index (κ2) is 6.14. The van der Waals surface area contributed by atoms with Gasteiger partial charge in [0.15, 0.2) is 4.34 Å². The van der Waals surface area contributed by atoms with Gasteiger partial charge < -0.3 is 5.73 Å². The Hall–Kier alpha value is -0.910. The van der Waals surface area contributed by atoms with Crippen LogP contribution >= 0.6 is 23.3 Å². The second-order valence-electron chi connectivity index (χ2n) is 3.83. The Morgan fingerprint density at radius 3 is 2.71 bits per heavy atom. The van der Waals surface area contributed by atoms with Gasteiger partial charge in [-0.2, -0.15) is 4.37 Å². The predicted octanol–water partition coefficient (Wildman–Crippen LogP) is 2.97. The van der Waals surface area contributed by atoms with E-state index in [0.29, 0.717) is 0 Å². The van der Waals surface area contributed by atoms with Crippen molar-refractivity contribution in [1.82, 2.24) is 9.36 Å². The maximum atomic E-state index is 5.93. The Labute approximate surface area is 110 Å². The Morgan fingerprint density at radius 2 is 2.12 bits per heavy atom. The zero-order valence-corrected chi connectivity index (χ0v) is 11.3. The largest absolute Gasteiger partial charge is 0.327 e. The molecule has 0 fully saturated rings. The van der Waals surface area contributed by atoms with Gasteiger partial charge in [0.1, 0.15) is 6.33 Å². The summed E-state index contributed by atoms with van der Waals surface area (Å²) in [4.78, 5) is 5.34. The summed E-state index contributed by atoms with van der Waals surface area (Å²) in [6, 6.07) is 8.77. The van der Waals surface area contributed by atoms with Crippen molar-refractivity contribution in [3.8, 4) is 0 Å². The number of hydrogen-bond donors (Lipinski definition) is 1. The first-order valence-corrected chi connectivity index (χ1v) is 7.16. The number of hydrogen-bond acceptors (Lipinski definition) is 5. The number of nitrogens with zero attached hydrogens (tertiary/aromatic N) is 2. The Kier molecular flexibility index (Phi) is 4.53. The van der Waals surface area contributed by atoms with E-state index in [0.717, 1.165) is 17.2 Å². The van der Waals surface area contributed by atoms with Crippen molar-refractivity contribution in [1.29, 1.82) is 0 Å². The van der Waals surface area contributed by atoms with Crippen molar-refractivity contribution in [3.05, 3.63) is 36.2 Å². The molecule has 0 aliphatic carbocycles. The highest BCUT2D eigenvalue weighted by atomic mass is 32.2. The second-order valence-corrected chi connectivity index (χ2v) is 5.93. The van der Waals surface area contributed by atoms with Crippen molar-refractivity contribution in [3.63, 3.8) is 0 Å². The van der Waals surface area contributed by atoms with Crippen molar-refractivity contribution in [2.75, 3.05) is 0 Å². The third-order valence-electron chi connectivity index (χ3n) is 2.49. The number of rotatable bonds is 5. The van der Waals surface area contributed by atoms with Crippen LogP contribution in [0.25, 0.3) is 0 Å². The lowest BCUT2D eigenvalue weighted by atomic mass is 10.1. The minimum atomic E-state index is 0.261. The average molecular weight is 265 g/mol. The molecule has 1 aromatic heterocycles. The summed E-state index contributed by atoms with van der Waals surface area (Å²) in [5, 5.41) is 0. The molecule has 3 nitrogen and oxygen atoms in total. The van der Waals surface area contributed by atoms with Crippen molar-refractivity contribution < 1.29 is 0 Å². The zero-order chi connectivity index (χ0) is 12.1. The fourth-order valence-corrected chi connectivity index (χ4v) is 2.87. The maximum absolute atomic E-state index is 5.93. The van der Waals surface area contributed by atoms with Crippen LogP contribution in [0, 0.1) is 0 Å². The van der Waals surface area contributed by atoms with Gasteiger partial charge in [-0.3, -0.25) is 0 Å². The first kappa shape index (κ1) is 12.5. The van der Waals surface area contributed by atoms with Crippen LogP contribution in [-0.2, 0) is 6.42 Å². The molecule has 5 heteroatoms. The maximum Gasteiger partial charge on any atom is 0.174 e. The highest BCUT2D eigenvalue weighted by molar-refractivity contribution is 8.01. The van der Waals surface area contributed by atoms with Gasteiger partial charge in [-0.15, -0.1) is 0 Å². The fraction of sp³-hybridized carbons (Fsp3) is 0.333. The topological polar surface area (TPSA) is 51.8 Å². The fourth-order valence-electron chi connectivity index (χ4n) is 1.45. The van der Waals surface area contributed by atoms with Gasteiger partial charge in [0.25, 0.3) is 0 Å². The summed E-state index contributed by atoms with van der Waals surface area (Å²) < 4.78 is 4.95. The molecule has 0 radical (unpaired) electrons. The lowest BCUT2D eigenvalue weighted by Gasteiger charge is -2.08. The number of aromatic nitrogens is 2. The molecular weight excluding hydrogens is 250 g/mol. The van der Waals surface area contributed by atoms with Crippen LogP contribution in [0.2, 0.25) is 0 Å². The summed E-state index contributed by atoms with van der Waals surface area (Å²) in [7, 11) is 0. The van der Waals surface area contributed by atoms with E-state index in [1.54, 1.807) is 18.1 Å². The van der Waals surface area contributed by atoms with Crippen molar-refractivity contribution in [2.24, 2.45) is 5.73 Å². The van der Waals surface area contributed by atoms with Crippen LogP contribution in [0.3, 0.4) is 0 Å². The van der Waals surface area contributed by atoms with E-state index in [1.807, 2.05) is 0 Å². The van der Waals surface area contributed by atoms with Crippen molar-refractivity contribution >= 4 is 23.3 Å². The summed E-state index contributed by atoms with van der Waals surface area (Å²) in [5.74, 6) is 0. The zero-order valence-electron chi connectivity index (χ0n) is 9.67. The van der Waals surface area contributed by atoms with Gasteiger partial charge >= 0.3 is 0 Å². The van der Waals surface area contributed by atoms with E-state index in [1.165, 1.54) is 22.0 Å². The summed E-state index contributed by atoms with van der Waals surface area (Å²) >= 11 is 3.06. The minimum Gasteiger partial charge on any atom is -0.327 e. The monoisotopic (exact) mass is 265 g/mol. The molecule has 0 aliphatic rings. The third-order valence-corrected chi connectivity index (χ3v) is 4.21. The first-order valence-electron chi connectivity index (χ1n) is 5.57. The van der Waals surface area contributed by atoms with Crippen LogP contribution in [-0.4, -0.2) is 15.4 Å². The Balaban J connectivity index is 1.98. The van der Waals surface area contributed by atoms with Gasteiger partial charge in [0.05, 0.1) is 0 Å².